The highest BCUT2D eigenvalue weighted by atomic mass is 28.5. The molecule has 0 aliphatic heterocycles. The van der Waals surface area contributed by atoms with Crippen molar-refractivity contribution >= 4 is 25.4 Å². The maximum absolute atomic E-state index is 6.10. The average molecular weight is 283 g/mol. The van der Waals surface area contributed by atoms with E-state index in [2.05, 4.69) is 13.1 Å². The molecular formula is C8H26N2O3Si3. The molecule has 8 heteroatoms. The molecule has 0 radical (unpaired) electrons. The SMILES string of the molecule is C[Si](C)(CN)O[Si](C)(C)O[Si](C)(C)OCN. The number of rotatable bonds is 7. The minimum absolute atomic E-state index is 0.196. The van der Waals surface area contributed by atoms with Gasteiger partial charge in [-0.25, -0.2) is 0 Å². The van der Waals surface area contributed by atoms with Gasteiger partial charge in [-0.15, -0.1) is 0 Å². The molecule has 0 spiro atoms. The van der Waals surface area contributed by atoms with Gasteiger partial charge in [-0.05, 0) is 39.3 Å². The first kappa shape index (κ1) is 16.5. The monoisotopic (exact) mass is 282 g/mol. The normalized spacial score (nSPS) is 14.2. The zero-order chi connectivity index (χ0) is 13.0. The Balaban J connectivity index is 4.45. The fraction of sp³-hybridized carbons (Fsp3) is 1.00. The summed E-state index contributed by atoms with van der Waals surface area (Å²) in [6.07, 6.45) is 0.604. The highest BCUT2D eigenvalue weighted by molar-refractivity contribution is 6.86. The van der Waals surface area contributed by atoms with E-state index in [9.17, 15) is 0 Å². The molecule has 0 fully saturated rings. The quantitative estimate of drug-likeness (QED) is 0.539. The number of hydrogen-bond acceptors (Lipinski definition) is 5. The molecule has 0 saturated heterocycles. The van der Waals surface area contributed by atoms with Crippen molar-refractivity contribution in [1.82, 2.24) is 0 Å². The summed E-state index contributed by atoms with van der Waals surface area (Å²) in [4.78, 5) is 0. The van der Waals surface area contributed by atoms with Crippen molar-refractivity contribution in [2.75, 3.05) is 12.9 Å². The smallest absolute Gasteiger partial charge is 0.323 e. The van der Waals surface area contributed by atoms with Gasteiger partial charge >= 0.3 is 17.1 Å². The van der Waals surface area contributed by atoms with Crippen molar-refractivity contribution < 1.29 is 12.7 Å². The Hall–Kier alpha value is 0.451. The summed E-state index contributed by atoms with van der Waals surface area (Å²) in [5.74, 6) is 0. The summed E-state index contributed by atoms with van der Waals surface area (Å²) >= 11 is 0. The van der Waals surface area contributed by atoms with Crippen molar-refractivity contribution in [2.45, 2.75) is 39.3 Å². The van der Waals surface area contributed by atoms with Crippen LogP contribution in [0.25, 0.3) is 0 Å². The maximum atomic E-state index is 6.10. The van der Waals surface area contributed by atoms with Crippen LogP contribution in [0.1, 0.15) is 0 Å². The van der Waals surface area contributed by atoms with Gasteiger partial charge in [0.1, 0.15) is 0 Å². The van der Waals surface area contributed by atoms with Crippen molar-refractivity contribution in [3.63, 3.8) is 0 Å². The molecule has 0 atom stereocenters. The summed E-state index contributed by atoms with van der Waals surface area (Å²) < 4.78 is 17.6. The first-order valence-corrected chi connectivity index (χ1v) is 14.2. The van der Waals surface area contributed by atoms with Crippen LogP contribution in [0.15, 0.2) is 0 Å². The second kappa shape index (κ2) is 5.87. The molecule has 0 aromatic heterocycles. The zero-order valence-electron chi connectivity index (χ0n) is 11.3. The van der Waals surface area contributed by atoms with Gasteiger partial charge in [0.15, 0.2) is 8.32 Å². The molecule has 5 nitrogen and oxygen atoms in total. The first-order valence-electron chi connectivity index (χ1n) is 5.48. The number of hydrogen-bond donors (Lipinski definition) is 2. The minimum Gasteiger partial charge on any atom is -0.435 e. The fourth-order valence-corrected chi connectivity index (χ4v) is 13.1. The van der Waals surface area contributed by atoms with Gasteiger partial charge in [0.2, 0.25) is 0 Å². The van der Waals surface area contributed by atoms with E-state index >= 15 is 0 Å². The predicted octanol–water partition coefficient (Wildman–Crippen LogP) is 1.06. The van der Waals surface area contributed by atoms with Crippen molar-refractivity contribution in [3.05, 3.63) is 0 Å². The van der Waals surface area contributed by atoms with Crippen LogP contribution in [0.5, 0.6) is 0 Å². The van der Waals surface area contributed by atoms with Gasteiger partial charge in [-0.2, -0.15) is 0 Å². The van der Waals surface area contributed by atoms with E-state index in [0.717, 1.165) is 0 Å². The van der Waals surface area contributed by atoms with Crippen LogP contribution in [0.2, 0.25) is 39.3 Å². The highest BCUT2D eigenvalue weighted by Crippen LogP contribution is 2.20. The Labute approximate surface area is 102 Å². The summed E-state index contributed by atoms with van der Waals surface area (Å²) in [6.45, 7) is 12.4. The standard InChI is InChI=1S/C8H26N2O3Si3/c1-14(2,8-10)12-16(5,6)13-15(3,4)11-7-9/h7-10H2,1-6H3. The van der Waals surface area contributed by atoms with Gasteiger partial charge in [-0.1, -0.05) is 0 Å². The van der Waals surface area contributed by atoms with Crippen LogP contribution in [-0.4, -0.2) is 38.3 Å². The lowest BCUT2D eigenvalue weighted by Crippen LogP contribution is -2.56. The third kappa shape index (κ3) is 6.91. The molecule has 0 amide bonds. The van der Waals surface area contributed by atoms with E-state index < -0.39 is 25.4 Å². The average Bonchev–Trinajstić information content (AvgIpc) is 1.99. The molecule has 0 unspecified atom stereocenters. The molecule has 0 aliphatic rings. The van der Waals surface area contributed by atoms with Gasteiger partial charge in [0, 0.05) is 6.17 Å². The van der Waals surface area contributed by atoms with Crippen molar-refractivity contribution in [2.24, 2.45) is 11.5 Å². The van der Waals surface area contributed by atoms with E-state index in [-0.39, 0.29) is 6.73 Å². The van der Waals surface area contributed by atoms with E-state index in [4.69, 9.17) is 24.1 Å². The summed E-state index contributed by atoms with van der Waals surface area (Å²) in [5.41, 5.74) is 11.1. The van der Waals surface area contributed by atoms with Crippen LogP contribution in [0.4, 0.5) is 0 Å². The van der Waals surface area contributed by atoms with Crippen LogP contribution in [0.3, 0.4) is 0 Å². The predicted molar refractivity (Wildman–Crippen MR) is 73.8 cm³/mol. The third-order valence-corrected chi connectivity index (χ3v) is 11.9. The molecule has 0 aromatic carbocycles. The largest absolute Gasteiger partial charge is 0.435 e. The highest BCUT2D eigenvalue weighted by Gasteiger charge is 2.40. The topological polar surface area (TPSA) is 79.7 Å². The van der Waals surface area contributed by atoms with Crippen LogP contribution >= 0.6 is 0 Å². The Morgan fingerprint density at radius 3 is 1.69 bits per heavy atom. The maximum Gasteiger partial charge on any atom is 0.323 e. The van der Waals surface area contributed by atoms with E-state index in [1.807, 2.05) is 26.2 Å². The molecule has 16 heavy (non-hydrogen) atoms. The van der Waals surface area contributed by atoms with Gasteiger partial charge < -0.3 is 24.1 Å². The third-order valence-electron chi connectivity index (χ3n) is 1.94. The van der Waals surface area contributed by atoms with Gasteiger partial charge in [0.05, 0.1) is 6.73 Å². The summed E-state index contributed by atoms with van der Waals surface area (Å²) in [5, 5.41) is 0. The van der Waals surface area contributed by atoms with Crippen molar-refractivity contribution in [1.29, 1.82) is 0 Å². The molecule has 4 N–H and O–H groups in total. The van der Waals surface area contributed by atoms with Gasteiger partial charge in [0.25, 0.3) is 0 Å². The molecule has 0 aliphatic carbocycles. The molecule has 0 saturated carbocycles. The Kier molecular flexibility index (Phi) is 6.03. The van der Waals surface area contributed by atoms with Crippen LogP contribution < -0.4 is 11.5 Å². The second-order valence-corrected chi connectivity index (χ2v) is 16.7. The molecule has 0 bridgehead atoms. The Morgan fingerprint density at radius 2 is 1.31 bits per heavy atom. The molecule has 0 aromatic rings. The van der Waals surface area contributed by atoms with E-state index in [1.165, 1.54) is 0 Å². The van der Waals surface area contributed by atoms with Crippen LogP contribution in [0, 0.1) is 0 Å². The van der Waals surface area contributed by atoms with Crippen molar-refractivity contribution in [3.8, 4) is 0 Å². The molecule has 98 valence electrons. The second-order valence-electron chi connectivity index (χ2n) is 5.28. The Bertz CT molecular complexity index is 225. The Morgan fingerprint density at radius 1 is 0.812 bits per heavy atom. The lowest BCUT2D eigenvalue weighted by atomic mass is 11.4. The minimum atomic E-state index is -2.17. The van der Waals surface area contributed by atoms with Gasteiger partial charge in [-0.3, -0.25) is 0 Å². The lowest BCUT2D eigenvalue weighted by molar-refractivity contribution is 0.236. The van der Waals surface area contributed by atoms with E-state index in [0.29, 0.717) is 6.17 Å². The van der Waals surface area contributed by atoms with E-state index in [1.54, 1.807) is 0 Å². The number of nitrogens with two attached hydrogens (primary N) is 2. The summed E-state index contributed by atoms with van der Waals surface area (Å²) in [7, 11) is -6.11. The molecule has 0 rings (SSSR count). The summed E-state index contributed by atoms with van der Waals surface area (Å²) in [6, 6.07) is 0. The fourth-order valence-electron chi connectivity index (χ4n) is 1.55. The molecular weight excluding hydrogens is 256 g/mol. The first-order chi connectivity index (χ1) is 7.04. The zero-order valence-corrected chi connectivity index (χ0v) is 14.3. The molecule has 0 heterocycles. The van der Waals surface area contributed by atoms with Crippen LogP contribution in [-0.2, 0) is 12.7 Å². The lowest BCUT2D eigenvalue weighted by Gasteiger charge is -2.37.